The molecule has 0 radical (unpaired) electrons. The lowest BCUT2D eigenvalue weighted by atomic mass is 10.0. The number of unbranched alkanes of at least 4 members (excludes halogenated alkanes) is 8. The molecule has 0 N–H and O–H groups in total. The van der Waals surface area contributed by atoms with Gasteiger partial charge in [-0.05, 0) is 62.5 Å². The predicted octanol–water partition coefficient (Wildman–Crippen LogP) is 7.48. The summed E-state index contributed by atoms with van der Waals surface area (Å²) in [5, 5.41) is 0. The lowest BCUT2D eigenvalue weighted by Crippen LogP contribution is -2.02. The highest BCUT2D eigenvalue weighted by atomic mass is 16.5. The zero-order valence-electron chi connectivity index (χ0n) is 21.5. The van der Waals surface area contributed by atoms with Crippen LogP contribution in [0.1, 0.15) is 97.0 Å². The number of ether oxygens (including phenoxy) is 3. The second-order valence-corrected chi connectivity index (χ2v) is 8.62. The van der Waals surface area contributed by atoms with Gasteiger partial charge in [0.1, 0.15) is 0 Å². The van der Waals surface area contributed by atoms with E-state index < -0.39 is 0 Å². The van der Waals surface area contributed by atoms with Gasteiger partial charge in [-0.15, -0.1) is 0 Å². The minimum Gasteiger partial charge on any atom is -0.490 e. The smallest absolute Gasteiger partial charge is 0.330 e. The Morgan fingerprint density at radius 1 is 0.853 bits per heavy atom. The van der Waals surface area contributed by atoms with Crippen LogP contribution in [0.25, 0.3) is 6.08 Å². The molecule has 190 valence electrons. The summed E-state index contributed by atoms with van der Waals surface area (Å²) >= 11 is 0. The summed E-state index contributed by atoms with van der Waals surface area (Å²) in [6, 6.07) is 5.64. The van der Waals surface area contributed by atoms with Crippen LogP contribution < -0.4 is 9.47 Å². The van der Waals surface area contributed by atoms with Gasteiger partial charge < -0.3 is 14.2 Å². The highest BCUT2D eigenvalue weighted by molar-refractivity contribution is 5.94. The average Bonchev–Trinajstić information content (AvgIpc) is 2.82. The number of carbonyl (C=O) groups excluding carboxylic acids is 2. The van der Waals surface area contributed by atoms with E-state index in [9.17, 15) is 9.59 Å². The molecule has 0 aliphatic rings. The van der Waals surface area contributed by atoms with Crippen molar-refractivity contribution in [1.29, 1.82) is 0 Å². The molecule has 0 bridgehead atoms. The van der Waals surface area contributed by atoms with Crippen molar-refractivity contribution in [2.45, 2.75) is 91.4 Å². The van der Waals surface area contributed by atoms with Crippen LogP contribution in [0.3, 0.4) is 0 Å². The molecule has 0 heterocycles. The van der Waals surface area contributed by atoms with E-state index in [1.54, 1.807) is 13.0 Å². The number of allylic oxidation sites excluding steroid dienone is 1. The van der Waals surface area contributed by atoms with Crippen LogP contribution in [-0.4, -0.2) is 31.6 Å². The van der Waals surface area contributed by atoms with E-state index >= 15 is 0 Å². The molecular formula is C29H44O5. The van der Waals surface area contributed by atoms with Gasteiger partial charge >= 0.3 is 5.97 Å². The highest BCUT2D eigenvalue weighted by Crippen LogP contribution is 2.29. The number of esters is 1. The SMILES string of the molecule is C=C(C)C(=O)CCCCCCCCCCCOC(=O)/C=C/c1ccc(OCC)c(OCCC)c1. The Morgan fingerprint density at radius 2 is 1.50 bits per heavy atom. The number of benzene rings is 1. The van der Waals surface area contributed by atoms with Crippen LogP contribution in [0.4, 0.5) is 0 Å². The van der Waals surface area contributed by atoms with Gasteiger partial charge in [-0.25, -0.2) is 4.79 Å². The number of hydrogen-bond donors (Lipinski definition) is 0. The number of rotatable bonds is 20. The molecule has 34 heavy (non-hydrogen) atoms. The van der Waals surface area contributed by atoms with Crippen LogP contribution in [0, 0.1) is 0 Å². The van der Waals surface area contributed by atoms with Crippen molar-refractivity contribution in [1.82, 2.24) is 0 Å². The maximum atomic E-state index is 12.0. The monoisotopic (exact) mass is 472 g/mol. The van der Waals surface area contributed by atoms with Gasteiger partial charge in [-0.2, -0.15) is 0 Å². The summed E-state index contributed by atoms with van der Waals surface area (Å²) in [5.74, 6) is 1.27. The Kier molecular flexibility index (Phi) is 16.3. The predicted molar refractivity (Wildman–Crippen MR) is 139 cm³/mol. The van der Waals surface area contributed by atoms with Crippen LogP contribution >= 0.6 is 0 Å². The second-order valence-electron chi connectivity index (χ2n) is 8.62. The molecule has 0 spiro atoms. The molecule has 0 saturated carbocycles. The molecule has 1 aromatic carbocycles. The van der Waals surface area contributed by atoms with E-state index in [1.165, 1.54) is 31.8 Å². The van der Waals surface area contributed by atoms with Crippen molar-refractivity contribution < 1.29 is 23.8 Å². The summed E-state index contributed by atoms with van der Waals surface area (Å²) < 4.78 is 16.7. The highest BCUT2D eigenvalue weighted by Gasteiger charge is 2.06. The Balaban J connectivity index is 2.13. The largest absolute Gasteiger partial charge is 0.490 e. The van der Waals surface area contributed by atoms with Crippen molar-refractivity contribution in [2.75, 3.05) is 19.8 Å². The second kappa shape index (κ2) is 18.8. The molecule has 0 aliphatic carbocycles. The molecular weight excluding hydrogens is 428 g/mol. The summed E-state index contributed by atoms with van der Waals surface area (Å²) in [6.45, 7) is 11.1. The van der Waals surface area contributed by atoms with Gasteiger partial charge in [-0.3, -0.25) is 4.79 Å². The summed E-state index contributed by atoms with van der Waals surface area (Å²) in [6.07, 6.45) is 14.8. The normalized spacial score (nSPS) is 10.9. The molecule has 0 aliphatic heterocycles. The number of hydrogen-bond acceptors (Lipinski definition) is 5. The average molecular weight is 473 g/mol. The van der Waals surface area contributed by atoms with E-state index in [2.05, 4.69) is 13.5 Å². The Bertz CT molecular complexity index is 766. The lowest BCUT2D eigenvalue weighted by molar-refractivity contribution is -0.137. The third kappa shape index (κ3) is 13.9. The van der Waals surface area contributed by atoms with Crippen LogP contribution in [0.15, 0.2) is 36.4 Å². The van der Waals surface area contributed by atoms with Crippen LogP contribution in [0.2, 0.25) is 0 Å². The molecule has 1 aromatic rings. The van der Waals surface area contributed by atoms with Crippen molar-refractivity contribution in [3.8, 4) is 11.5 Å². The minimum atomic E-state index is -0.324. The standard InChI is InChI=1S/C29H44O5/c1-5-21-33-28-23-25(17-19-27(28)32-6-2)18-20-29(31)34-22-15-13-11-9-7-8-10-12-14-16-26(30)24(3)4/h17-20,23H,3,5-16,21-22H2,1-2,4H3/b20-18+. The molecule has 1 rings (SSSR count). The Labute approximate surface area is 206 Å². The molecule has 0 saturated heterocycles. The fraction of sp³-hybridized carbons (Fsp3) is 0.586. The van der Waals surface area contributed by atoms with Gasteiger partial charge in [-0.1, -0.05) is 64.5 Å². The number of carbonyl (C=O) groups is 2. The fourth-order valence-electron chi connectivity index (χ4n) is 3.45. The lowest BCUT2D eigenvalue weighted by Gasteiger charge is -2.12. The van der Waals surface area contributed by atoms with E-state index in [0.29, 0.717) is 43.3 Å². The number of ketones is 1. The topological polar surface area (TPSA) is 61.8 Å². The first kappa shape index (κ1) is 29.5. The number of Topliss-reactive ketones (excluding diaryl/α,β-unsaturated/α-hetero) is 1. The summed E-state index contributed by atoms with van der Waals surface area (Å²) in [5.41, 5.74) is 1.54. The third-order valence-corrected chi connectivity index (χ3v) is 5.41. The van der Waals surface area contributed by atoms with Crippen molar-refractivity contribution in [3.05, 3.63) is 42.0 Å². The van der Waals surface area contributed by atoms with E-state index in [4.69, 9.17) is 14.2 Å². The Morgan fingerprint density at radius 3 is 2.12 bits per heavy atom. The molecule has 0 atom stereocenters. The maximum Gasteiger partial charge on any atom is 0.330 e. The zero-order chi connectivity index (χ0) is 25.0. The summed E-state index contributed by atoms with van der Waals surface area (Å²) in [7, 11) is 0. The van der Waals surface area contributed by atoms with Crippen molar-refractivity contribution >= 4 is 17.8 Å². The first-order valence-corrected chi connectivity index (χ1v) is 12.9. The summed E-state index contributed by atoms with van der Waals surface area (Å²) in [4.78, 5) is 23.5. The maximum absolute atomic E-state index is 12.0. The molecule has 0 fully saturated rings. The van der Waals surface area contributed by atoms with E-state index in [0.717, 1.165) is 44.1 Å². The molecule has 0 amide bonds. The van der Waals surface area contributed by atoms with Gasteiger partial charge in [0.2, 0.25) is 0 Å². The molecule has 0 aromatic heterocycles. The van der Waals surface area contributed by atoms with Gasteiger partial charge in [0.05, 0.1) is 19.8 Å². The quantitative estimate of drug-likeness (QED) is 0.112. The van der Waals surface area contributed by atoms with Crippen molar-refractivity contribution in [3.63, 3.8) is 0 Å². The van der Waals surface area contributed by atoms with E-state index in [1.807, 2.05) is 25.1 Å². The molecule has 5 heteroatoms. The van der Waals surface area contributed by atoms with Gasteiger partial charge in [0.25, 0.3) is 0 Å². The minimum absolute atomic E-state index is 0.193. The first-order valence-electron chi connectivity index (χ1n) is 12.9. The zero-order valence-corrected chi connectivity index (χ0v) is 21.5. The van der Waals surface area contributed by atoms with E-state index in [-0.39, 0.29) is 11.8 Å². The Hall–Kier alpha value is -2.56. The first-order chi connectivity index (χ1) is 16.5. The fourth-order valence-corrected chi connectivity index (χ4v) is 3.45. The van der Waals surface area contributed by atoms with Crippen LogP contribution in [-0.2, 0) is 14.3 Å². The van der Waals surface area contributed by atoms with Gasteiger partial charge in [0, 0.05) is 12.5 Å². The third-order valence-electron chi connectivity index (χ3n) is 5.41. The molecule has 0 unspecified atom stereocenters. The van der Waals surface area contributed by atoms with Gasteiger partial charge in [0.15, 0.2) is 17.3 Å². The van der Waals surface area contributed by atoms with Crippen LogP contribution in [0.5, 0.6) is 11.5 Å². The van der Waals surface area contributed by atoms with Crippen molar-refractivity contribution in [2.24, 2.45) is 0 Å². The molecule has 5 nitrogen and oxygen atoms in total.